The van der Waals surface area contributed by atoms with Crippen molar-refractivity contribution < 1.29 is 19.1 Å². The Labute approximate surface area is 351 Å². The number of hydrogen-bond donors (Lipinski definition) is 4. The number of carbonyl (C=O) groups excluding carboxylic acids is 3. The van der Waals surface area contributed by atoms with Crippen LogP contribution in [-0.4, -0.2) is 87.5 Å². The van der Waals surface area contributed by atoms with Crippen molar-refractivity contribution in [3.05, 3.63) is 120 Å². The van der Waals surface area contributed by atoms with Gasteiger partial charge in [-0.15, -0.1) is 0 Å². The van der Waals surface area contributed by atoms with Gasteiger partial charge in [0.15, 0.2) is 0 Å². The number of aromatic amines is 2. The number of unbranched alkanes of at least 4 members (excludes halogenated alkanes) is 1. The van der Waals surface area contributed by atoms with Gasteiger partial charge < -0.3 is 30.2 Å². The number of nitrogens with one attached hydrogen (secondary N) is 4. The number of fused-ring (bicyclic) bond motifs is 2. The lowest BCUT2D eigenvalue weighted by molar-refractivity contribution is -0.135. The second-order valence-electron chi connectivity index (χ2n) is 16.4. The predicted octanol–water partition coefficient (Wildman–Crippen LogP) is 8.00. The number of amides is 3. The van der Waals surface area contributed by atoms with E-state index in [0.717, 1.165) is 107 Å². The number of nitrogens with zero attached hydrogens (tertiary/aromatic N) is 4. The average molecular weight is 807 g/mol. The van der Waals surface area contributed by atoms with Crippen molar-refractivity contribution in [3.8, 4) is 33.6 Å². The molecule has 6 aromatic rings. The summed E-state index contributed by atoms with van der Waals surface area (Å²) in [4.78, 5) is 59.0. The number of hydrogen-bond acceptors (Lipinski definition) is 7. The molecule has 12 heteroatoms. The zero-order chi connectivity index (χ0) is 41.8. The molecule has 2 aliphatic heterocycles. The first-order valence-corrected chi connectivity index (χ1v) is 21.1. The Kier molecular flexibility index (Phi) is 12.1. The summed E-state index contributed by atoms with van der Waals surface area (Å²) in [6.45, 7) is 5.96. The van der Waals surface area contributed by atoms with Crippen molar-refractivity contribution in [1.29, 1.82) is 0 Å². The molecule has 2 aliphatic rings. The zero-order valence-corrected chi connectivity index (χ0v) is 34.8. The number of carbonyl (C=O) groups is 3. The normalized spacial score (nSPS) is 17.1. The van der Waals surface area contributed by atoms with Gasteiger partial charge in [-0.3, -0.25) is 14.5 Å². The zero-order valence-electron chi connectivity index (χ0n) is 34.8. The third-order valence-corrected chi connectivity index (χ3v) is 12.1. The minimum Gasteiger partial charge on any atom is -0.453 e. The van der Waals surface area contributed by atoms with Crippen LogP contribution >= 0.6 is 0 Å². The molecule has 0 spiro atoms. The minimum atomic E-state index is -0.677. The Bertz CT molecular complexity index is 2470. The molecule has 310 valence electrons. The van der Waals surface area contributed by atoms with Crippen molar-refractivity contribution in [2.75, 3.05) is 33.8 Å². The van der Waals surface area contributed by atoms with Gasteiger partial charge in [0.25, 0.3) is 0 Å². The monoisotopic (exact) mass is 806 g/mol. The molecule has 4 heterocycles. The maximum atomic E-state index is 13.6. The highest BCUT2D eigenvalue weighted by Crippen LogP contribution is 2.34. The number of aryl methyl sites for hydroxylation is 1. The van der Waals surface area contributed by atoms with E-state index >= 15 is 0 Å². The van der Waals surface area contributed by atoms with Gasteiger partial charge in [0, 0.05) is 31.6 Å². The van der Waals surface area contributed by atoms with Gasteiger partial charge in [0.05, 0.1) is 36.9 Å². The number of methoxy groups -OCH3 is 1. The summed E-state index contributed by atoms with van der Waals surface area (Å²) in [5.41, 5.74) is 8.62. The number of likely N-dealkylation sites (N-methyl/N-ethyl adjacent to an activating group) is 1. The van der Waals surface area contributed by atoms with Crippen LogP contribution in [0.4, 0.5) is 4.79 Å². The highest BCUT2D eigenvalue weighted by atomic mass is 16.5. The Morgan fingerprint density at radius 3 is 2.32 bits per heavy atom. The van der Waals surface area contributed by atoms with E-state index in [-0.39, 0.29) is 29.8 Å². The van der Waals surface area contributed by atoms with Gasteiger partial charge >= 0.3 is 6.09 Å². The smallest absolute Gasteiger partial charge is 0.407 e. The molecule has 4 N–H and O–H groups in total. The third-order valence-electron chi connectivity index (χ3n) is 12.1. The fraction of sp³-hybridized carbons (Fsp3) is 0.354. The lowest BCUT2D eigenvalue weighted by Crippen LogP contribution is -2.51. The summed E-state index contributed by atoms with van der Waals surface area (Å²) in [6, 6.07) is 28.6. The number of rotatable bonds is 13. The fourth-order valence-electron chi connectivity index (χ4n) is 8.68. The van der Waals surface area contributed by atoms with Gasteiger partial charge in [-0.05, 0) is 95.8 Å². The van der Waals surface area contributed by atoms with E-state index in [0.29, 0.717) is 13.1 Å². The van der Waals surface area contributed by atoms with Crippen LogP contribution in [0.2, 0.25) is 0 Å². The van der Waals surface area contributed by atoms with E-state index in [9.17, 15) is 14.4 Å². The molecule has 0 radical (unpaired) electrons. The summed E-state index contributed by atoms with van der Waals surface area (Å²) < 4.78 is 4.77. The van der Waals surface area contributed by atoms with Crippen LogP contribution in [0.3, 0.4) is 0 Å². The molecule has 3 amide bonds. The lowest BCUT2D eigenvalue weighted by atomic mass is 9.92. The van der Waals surface area contributed by atoms with Crippen molar-refractivity contribution in [2.45, 2.75) is 70.5 Å². The molecule has 8 rings (SSSR count). The first-order chi connectivity index (χ1) is 29.2. The van der Waals surface area contributed by atoms with E-state index < -0.39 is 12.1 Å². The average Bonchev–Trinajstić information content (AvgIpc) is 4.07. The van der Waals surface area contributed by atoms with Crippen LogP contribution in [0.5, 0.6) is 0 Å². The summed E-state index contributed by atoms with van der Waals surface area (Å²) in [5.74, 6) is 1.54. The third kappa shape index (κ3) is 8.70. The summed E-state index contributed by atoms with van der Waals surface area (Å²) in [6.07, 6.45) is 8.38. The van der Waals surface area contributed by atoms with E-state index in [1.54, 1.807) is 0 Å². The molecule has 4 aromatic carbocycles. The Morgan fingerprint density at radius 2 is 1.53 bits per heavy atom. The Hall–Kier alpha value is -6.27. The van der Waals surface area contributed by atoms with Crippen LogP contribution in [0, 0.1) is 5.92 Å². The van der Waals surface area contributed by atoms with Crippen LogP contribution in [0.25, 0.3) is 44.4 Å². The first-order valence-electron chi connectivity index (χ1n) is 21.1. The second kappa shape index (κ2) is 17.9. The van der Waals surface area contributed by atoms with Gasteiger partial charge in [-0.1, -0.05) is 86.6 Å². The molecule has 1 saturated heterocycles. The Balaban J connectivity index is 0.852. The number of ether oxygens (including phenoxy) is 1. The van der Waals surface area contributed by atoms with Gasteiger partial charge in [-0.2, -0.15) is 0 Å². The molecule has 2 aromatic heterocycles. The number of H-pyrrole nitrogens is 2. The summed E-state index contributed by atoms with van der Waals surface area (Å²) in [5, 5.41) is 8.13. The molecular formula is C48H54N8O4. The lowest BCUT2D eigenvalue weighted by Gasteiger charge is -2.33. The topological polar surface area (TPSA) is 148 Å². The quantitative estimate of drug-likeness (QED) is 0.0865. The summed E-state index contributed by atoms with van der Waals surface area (Å²) >= 11 is 0. The SMILES string of the molecule is COC(=O)N[C@H](C(=O)N1CCC[C@H]1c1ncc(-c2ccc3cc(-c4ccc(-c5cnc(CCCCNC(=O)[C@H]6c7ccccc7CCN6C)[nH]5)cc4)ccc3c2)[nH]1)C(C)C. The highest BCUT2D eigenvalue weighted by molar-refractivity contribution is 5.91. The van der Waals surface area contributed by atoms with Gasteiger partial charge in [0.1, 0.15) is 23.7 Å². The van der Waals surface area contributed by atoms with Gasteiger partial charge in [-0.25, -0.2) is 14.8 Å². The fourth-order valence-corrected chi connectivity index (χ4v) is 8.68. The van der Waals surface area contributed by atoms with Crippen LogP contribution in [0.15, 0.2) is 97.3 Å². The molecule has 0 aliphatic carbocycles. The molecule has 3 atom stereocenters. The largest absolute Gasteiger partial charge is 0.453 e. The van der Waals surface area contributed by atoms with Crippen LogP contribution < -0.4 is 10.6 Å². The van der Waals surface area contributed by atoms with Crippen molar-refractivity contribution in [2.24, 2.45) is 5.92 Å². The molecule has 0 saturated carbocycles. The number of alkyl carbamates (subject to hydrolysis) is 1. The van der Waals surface area contributed by atoms with E-state index in [1.807, 2.05) is 50.3 Å². The number of imidazole rings is 2. The maximum absolute atomic E-state index is 13.6. The second-order valence-corrected chi connectivity index (χ2v) is 16.4. The molecular weight excluding hydrogens is 753 g/mol. The van der Waals surface area contributed by atoms with Gasteiger partial charge in [0.2, 0.25) is 11.8 Å². The first kappa shape index (κ1) is 40.5. The minimum absolute atomic E-state index is 0.0731. The summed E-state index contributed by atoms with van der Waals surface area (Å²) in [7, 11) is 3.32. The number of likely N-dealkylation sites (tertiary alicyclic amines) is 1. The van der Waals surface area contributed by atoms with Crippen LogP contribution in [0.1, 0.15) is 74.4 Å². The van der Waals surface area contributed by atoms with E-state index in [1.165, 1.54) is 12.7 Å². The molecule has 60 heavy (non-hydrogen) atoms. The maximum Gasteiger partial charge on any atom is 0.407 e. The number of benzene rings is 4. The molecule has 0 unspecified atom stereocenters. The molecule has 0 bridgehead atoms. The van der Waals surface area contributed by atoms with E-state index in [4.69, 9.17) is 9.72 Å². The highest BCUT2D eigenvalue weighted by Gasteiger charge is 2.37. The van der Waals surface area contributed by atoms with Crippen molar-refractivity contribution in [3.63, 3.8) is 0 Å². The van der Waals surface area contributed by atoms with Crippen molar-refractivity contribution in [1.82, 2.24) is 40.4 Å². The van der Waals surface area contributed by atoms with Crippen LogP contribution in [-0.2, 0) is 27.2 Å². The molecule has 1 fully saturated rings. The standard InChI is InChI=1S/C48H54N8O4/c1-30(2)43(54-48(59)60-4)47(58)56-24-9-12-41(56)45-51-29-40(53-45)37-21-20-35-26-34(18-19-36(35)27-37)31-14-16-33(17-15-31)39-28-50-42(52-39)13-7-8-23-49-46(57)44-38-11-6-5-10-32(38)22-25-55(44)3/h5-6,10-11,14-21,26-30,41,43-44H,7-9,12-13,22-25H2,1-4H3,(H,49,57)(H,50,52)(H,51,53)(H,54,59)/t41-,43-,44+/m0/s1. The number of aromatic nitrogens is 4. The van der Waals surface area contributed by atoms with Crippen molar-refractivity contribution >= 4 is 28.7 Å². The predicted molar refractivity (Wildman–Crippen MR) is 234 cm³/mol. The molecule has 12 nitrogen and oxygen atoms in total. The Morgan fingerprint density at radius 1 is 0.833 bits per heavy atom. The van der Waals surface area contributed by atoms with E-state index in [2.05, 4.69) is 103 Å².